The van der Waals surface area contributed by atoms with E-state index in [0.29, 0.717) is 25.8 Å². The summed E-state index contributed by atoms with van der Waals surface area (Å²) in [7, 11) is 5.74. The van der Waals surface area contributed by atoms with Gasteiger partial charge in [0.2, 0.25) is 5.91 Å². The van der Waals surface area contributed by atoms with Crippen LogP contribution in [0.1, 0.15) is 39.5 Å². The number of likely N-dealkylation sites (N-methyl/N-ethyl adjacent to an activating group) is 1. The summed E-state index contributed by atoms with van der Waals surface area (Å²) < 4.78 is 10.8. The third kappa shape index (κ3) is 6.74. The topological polar surface area (TPSA) is 227 Å². The van der Waals surface area contributed by atoms with Crippen molar-refractivity contribution in [2.45, 2.75) is 75.5 Å². The standard InChI is InChI=1S/C33H47N5O11S2/c1-5-31-9-6-11-38-12-10-32(26(31)38)20-8-7-19(48-4)16-22(20)37(3)27(32)33(47,28(31)44)29(45)35-36-30(46)49-13-14-50-51-17-21(25(42)43)34-24(41)18(2)15-23(39)40/h6,8-9,16,18-19,21,26-28,44,47H,5,7,10-15,17H2,1-4H3,(H,34,41)(H,35,45)(H,36,46)(H,39,40)(H,42,43)/t18-,19?,21-,26-,27+,28+,31+,32+,33-/m0/s1. The number of allylic oxidation sites excluding steroid dienone is 1. The van der Waals surface area contributed by atoms with E-state index < -0.39 is 76.8 Å². The highest BCUT2D eigenvalue weighted by molar-refractivity contribution is 8.76. The van der Waals surface area contributed by atoms with E-state index in [0.717, 1.165) is 28.6 Å². The first-order valence-corrected chi connectivity index (χ1v) is 19.4. The van der Waals surface area contributed by atoms with Crippen molar-refractivity contribution in [3.8, 4) is 0 Å². The predicted molar refractivity (Wildman–Crippen MR) is 187 cm³/mol. The number of aliphatic carboxylic acids is 2. The number of methoxy groups -OCH3 is 1. The van der Waals surface area contributed by atoms with E-state index in [4.69, 9.17) is 14.6 Å². The first-order chi connectivity index (χ1) is 24.2. The van der Waals surface area contributed by atoms with E-state index >= 15 is 0 Å². The van der Waals surface area contributed by atoms with Crippen molar-refractivity contribution in [2.75, 3.05) is 45.4 Å². The molecule has 18 heteroatoms. The second kappa shape index (κ2) is 15.4. The minimum absolute atomic E-state index is 0.0290. The Morgan fingerprint density at radius 2 is 1.88 bits per heavy atom. The van der Waals surface area contributed by atoms with Crippen molar-refractivity contribution in [2.24, 2.45) is 16.7 Å². The number of aliphatic hydroxyl groups excluding tert-OH is 1. The van der Waals surface area contributed by atoms with Crippen LogP contribution >= 0.6 is 21.6 Å². The van der Waals surface area contributed by atoms with Gasteiger partial charge in [0.1, 0.15) is 18.8 Å². The second-order valence-corrected chi connectivity index (χ2v) is 16.3. The molecule has 3 aliphatic heterocycles. The molecule has 16 nitrogen and oxygen atoms in total. The molecule has 1 saturated carbocycles. The Morgan fingerprint density at radius 3 is 2.55 bits per heavy atom. The van der Waals surface area contributed by atoms with Gasteiger partial charge in [-0.2, -0.15) is 0 Å². The number of aliphatic hydroxyl groups is 2. The number of carboxylic acid groups (broad SMARTS) is 2. The van der Waals surface area contributed by atoms with E-state index in [2.05, 4.69) is 27.1 Å². The number of nitrogens with one attached hydrogen (secondary N) is 3. The Bertz CT molecular complexity index is 1510. The maximum Gasteiger partial charge on any atom is 0.426 e. The van der Waals surface area contributed by atoms with Gasteiger partial charge in [-0.3, -0.25) is 24.7 Å². The van der Waals surface area contributed by atoms with Gasteiger partial charge in [0.15, 0.2) is 5.60 Å². The zero-order valence-electron chi connectivity index (χ0n) is 29.0. The van der Waals surface area contributed by atoms with Crippen LogP contribution in [-0.2, 0) is 28.7 Å². The Balaban J connectivity index is 1.21. The van der Waals surface area contributed by atoms with Crippen LogP contribution in [-0.4, -0.2) is 141 Å². The number of rotatable bonds is 14. The number of hydrazine groups is 1. The fourth-order valence-corrected chi connectivity index (χ4v) is 10.9. The molecule has 2 saturated heterocycles. The van der Waals surface area contributed by atoms with Crippen LogP contribution in [0.4, 0.5) is 4.79 Å². The van der Waals surface area contributed by atoms with Gasteiger partial charge in [-0.25, -0.2) is 15.0 Å². The molecule has 3 heterocycles. The summed E-state index contributed by atoms with van der Waals surface area (Å²) in [6, 6.07) is -2.29. The fraction of sp³-hybridized carbons (Fsp3) is 0.667. The molecule has 5 rings (SSSR count). The van der Waals surface area contributed by atoms with Crippen LogP contribution in [0.25, 0.3) is 0 Å². The molecule has 282 valence electrons. The molecule has 5 aliphatic rings. The second-order valence-electron chi connectivity index (χ2n) is 13.7. The number of amides is 3. The summed E-state index contributed by atoms with van der Waals surface area (Å²) in [5.74, 6) is -4.81. The summed E-state index contributed by atoms with van der Waals surface area (Å²) in [5, 5.41) is 45.4. The first kappa shape index (κ1) is 38.9. The number of hydrogen-bond acceptors (Lipinski definition) is 13. The Morgan fingerprint density at radius 1 is 1.14 bits per heavy atom. The summed E-state index contributed by atoms with van der Waals surface area (Å²) in [6.45, 7) is 4.64. The molecule has 0 bridgehead atoms. The van der Waals surface area contributed by atoms with Crippen LogP contribution in [0.5, 0.6) is 0 Å². The summed E-state index contributed by atoms with van der Waals surface area (Å²) in [5.41, 5.74) is 2.39. The minimum atomic E-state index is -2.36. The highest BCUT2D eigenvalue weighted by atomic mass is 33.1. The minimum Gasteiger partial charge on any atom is -0.481 e. The normalized spacial score (nSPS) is 33.1. The number of carbonyl (C=O) groups excluding carboxylic acids is 3. The Labute approximate surface area is 303 Å². The monoisotopic (exact) mass is 753 g/mol. The molecular weight excluding hydrogens is 707 g/mol. The lowest BCUT2D eigenvalue weighted by Crippen LogP contribution is -2.80. The maximum atomic E-state index is 14.1. The summed E-state index contributed by atoms with van der Waals surface area (Å²) in [4.78, 5) is 65.5. The third-order valence-electron chi connectivity index (χ3n) is 11.0. The maximum absolute atomic E-state index is 14.1. The van der Waals surface area contributed by atoms with Crippen molar-refractivity contribution in [1.29, 1.82) is 0 Å². The highest BCUT2D eigenvalue weighted by Gasteiger charge is 2.79. The highest BCUT2D eigenvalue weighted by Crippen LogP contribution is 2.68. The van der Waals surface area contributed by atoms with E-state index in [1.807, 2.05) is 37.1 Å². The summed E-state index contributed by atoms with van der Waals surface area (Å²) in [6.07, 6.45) is 6.71. The van der Waals surface area contributed by atoms with Gasteiger partial charge >= 0.3 is 18.0 Å². The molecule has 2 aliphatic carbocycles. The van der Waals surface area contributed by atoms with E-state index in [-0.39, 0.29) is 30.3 Å². The average molecular weight is 754 g/mol. The number of nitrogens with zero attached hydrogens (tertiary/aromatic N) is 2. The molecule has 1 spiro atoms. The molecule has 3 amide bonds. The lowest BCUT2D eigenvalue weighted by atomic mass is 9.47. The molecule has 0 aromatic rings. The van der Waals surface area contributed by atoms with Crippen molar-refractivity contribution < 1.29 is 53.9 Å². The van der Waals surface area contributed by atoms with Gasteiger partial charge in [-0.15, -0.1) is 0 Å². The zero-order chi connectivity index (χ0) is 37.3. The summed E-state index contributed by atoms with van der Waals surface area (Å²) >= 11 is 0. The largest absolute Gasteiger partial charge is 0.481 e. The molecule has 0 aromatic carbocycles. The smallest absolute Gasteiger partial charge is 0.426 e. The van der Waals surface area contributed by atoms with Crippen LogP contribution in [0, 0.1) is 16.7 Å². The van der Waals surface area contributed by atoms with Gasteiger partial charge in [-0.1, -0.05) is 53.7 Å². The molecule has 3 fully saturated rings. The SMILES string of the molecule is CC[C@]12C=CCN3CC[C@@]4(C5=CCC(OC)C=C5N(C)[C@H]4[C@@](O)(C(=O)NNC(=O)OCCSSC[C@H](NC(=O)[C@@H](C)CC(=O)O)C(=O)O)[C@@H]1O)[C@@H]32. The molecule has 9 atom stereocenters. The first-order valence-electron chi connectivity index (χ1n) is 16.9. The van der Waals surface area contributed by atoms with E-state index in [1.54, 1.807) is 7.11 Å². The van der Waals surface area contributed by atoms with E-state index in [1.165, 1.54) is 17.7 Å². The van der Waals surface area contributed by atoms with Crippen LogP contribution in [0.15, 0.2) is 35.6 Å². The number of hydrogen-bond donors (Lipinski definition) is 7. The number of carbonyl (C=O) groups is 5. The van der Waals surface area contributed by atoms with E-state index in [9.17, 15) is 39.3 Å². The number of ether oxygens (including phenoxy) is 2. The van der Waals surface area contributed by atoms with Gasteiger partial charge in [0, 0.05) is 60.7 Å². The molecular formula is C33H47N5O11S2. The predicted octanol–water partition coefficient (Wildman–Crippen LogP) is 0.481. The molecule has 0 aromatic heterocycles. The molecule has 7 N–H and O–H groups in total. The molecule has 51 heavy (non-hydrogen) atoms. The van der Waals surface area contributed by atoms with Crippen LogP contribution in [0.3, 0.4) is 0 Å². The van der Waals surface area contributed by atoms with Crippen molar-refractivity contribution in [3.05, 3.63) is 35.6 Å². The Hall–Kier alpha value is -3.29. The van der Waals surface area contributed by atoms with Gasteiger partial charge in [0.05, 0.1) is 18.6 Å². The lowest BCUT2D eigenvalue weighted by molar-refractivity contribution is -0.223. The third-order valence-corrected chi connectivity index (χ3v) is 13.4. The van der Waals surface area contributed by atoms with Crippen molar-refractivity contribution in [3.63, 3.8) is 0 Å². The van der Waals surface area contributed by atoms with Crippen LogP contribution < -0.4 is 16.2 Å². The van der Waals surface area contributed by atoms with Crippen LogP contribution in [0.2, 0.25) is 0 Å². The average Bonchev–Trinajstić information content (AvgIpc) is 3.61. The molecule has 0 radical (unpaired) electrons. The quantitative estimate of drug-likeness (QED) is 0.0554. The van der Waals surface area contributed by atoms with Crippen molar-refractivity contribution in [1.82, 2.24) is 26.0 Å². The van der Waals surface area contributed by atoms with Gasteiger partial charge < -0.3 is 40.1 Å². The van der Waals surface area contributed by atoms with Gasteiger partial charge in [0.25, 0.3) is 5.91 Å². The Kier molecular flexibility index (Phi) is 11.7. The number of carboxylic acids is 2. The number of fused-ring (bicyclic) bond motifs is 1. The van der Waals surface area contributed by atoms with Crippen molar-refractivity contribution >= 4 is 51.4 Å². The molecule has 1 unspecified atom stereocenters. The fourth-order valence-electron chi connectivity index (χ4n) is 8.88. The van der Waals surface area contributed by atoms with Gasteiger partial charge in [-0.05, 0) is 37.5 Å². The zero-order valence-corrected chi connectivity index (χ0v) is 30.6. The number of likely N-dealkylation sites (tertiary alicyclic amines) is 1. The lowest BCUT2D eigenvalue weighted by Gasteiger charge is -2.63.